The van der Waals surface area contributed by atoms with E-state index in [-0.39, 0.29) is 17.2 Å². The molecule has 3 aromatic rings. The van der Waals surface area contributed by atoms with Crippen LogP contribution in [0, 0.1) is 6.92 Å². The predicted octanol–water partition coefficient (Wildman–Crippen LogP) is 3.43. The van der Waals surface area contributed by atoms with Gasteiger partial charge in [0.25, 0.3) is 5.91 Å². The van der Waals surface area contributed by atoms with E-state index in [0.29, 0.717) is 6.20 Å². The van der Waals surface area contributed by atoms with Crippen LogP contribution in [-0.2, 0) is 6.18 Å². The third-order valence-electron chi connectivity index (χ3n) is 3.73. The van der Waals surface area contributed by atoms with Crippen molar-refractivity contribution in [3.8, 4) is 5.69 Å². The molecule has 0 aliphatic rings. The van der Waals surface area contributed by atoms with Crippen LogP contribution < -0.4 is 11.1 Å². The number of nitrogens with zero attached hydrogens (tertiary/aromatic N) is 3. The number of alkyl halides is 3. The summed E-state index contributed by atoms with van der Waals surface area (Å²) < 4.78 is 39.0. The Labute approximate surface area is 146 Å². The van der Waals surface area contributed by atoms with E-state index in [2.05, 4.69) is 15.4 Å². The maximum atomic E-state index is 12.5. The molecule has 26 heavy (non-hydrogen) atoms. The van der Waals surface area contributed by atoms with Crippen molar-refractivity contribution < 1.29 is 18.0 Å². The Morgan fingerprint density at radius 2 is 1.88 bits per heavy atom. The van der Waals surface area contributed by atoms with Crippen molar-refractivity contribution in [2.75, 3.05) is 11.1 Å². The van der Waals surface area contributed by atoms with Gasteiger partial charge in [0, 0.05) is 6.20 Å². The van der Waals surface area contributed by atoms with E-state index in [1.165, 1.54) is 10.9 Å². The van der Waals surface area contributed by atoms with Crippen molar-refractivity contribution in [1.82, 2.24) is 14.8 Å². The number of nitrogens with one attached hydrogen (secondary N) is 1. The quantitative estimate of drug-likeness (QED) is 0.748. The number of hydrogen-bond donors (Lipinski definition) is 2. The minimum Gasteiger partial charge on any atom is -0.383 e. The third-order valence-corrected chi connectivity index (χ3v) is 3.73. The van der Waals surface area contributed by atoms with E-state index in [0.717, 1.165) is 23.4 Å². The van der Waals surface area contributed by atoms with Crippen LogP contribution in [0.25, 0.3) is 5.69 Å². The van der Waals surface area contributed by atoms with Crippen molar-refractivity contribution in [1.29, 1.82) is 0 Å². The molecule has 0 aliphatic carbocycles. The van der Waals surface area contributed by atoms with Crippen molar-refractivity contribution in [3.63, 3.8) is 0 Å². The summed E-state index contributed by atoms with van der Waals surface area (Å²) in [4.78, 5) is 15.9. The van der Waals surface area contributed by atoms with Gasteiger partial charge in [-0.05, 0) is 30.7 Å². The SMILES string of the molecule is Cc1ccccc1-n1ncc(C(=O)Nc2ccc(C(F)(F)F)cn2)c1N. The Balaban J connectivity index is 1.82. The molecule has 6 nitrogen and oxygen atoms in total. The van der Waals surface area contributed by atoms with Gasteiger partial charge in [0.1, 0.15) is 17.2 Å². The second-order valence-corrected chi connectivity index (χ2v) is 5.53. The zero-order valence-corrected chi connectivity index (χ0v) is 13.6. The van der Waals surface area contributed by atoms with E-state index in [9.17, 15) is 18.0 Å². The lowest BCUT2D eigenvalue weighted by Gasteiger charge is -2.09. The summed E-state index contributed by atoms with van der Waals surface area (Å²) in [6.45, 7) is 1.88. The fraction of sp³-hybridized carbons (Fsp3) is 0.118. The number of rotatable bonds is 3. The predicted molar refractivity (Wildman–Crippen MR) is 89.9 cm³/mol. The van der Waals surface area contributed by atoms with E-state index in [1.807, 2.05) is 25.1 Å². The lowest BCUT2D eigenvalue weighted by molar-refractivity contribution is -0.137. The summed E-state index contributed by atoms with van der Waals surface area (Å²) in [7, 11) is 0. The van der Waals surface area contributed by atoms with Gasteiger partial charge in [-0.15, -0.1) is 0 Å². The van der Waals surface area contributed by atoms with Gasteiger partial charge in [-0.25, -0.2) is 9.67 Å². The summed E-state index contributed by atoms with van der Waals surface area (Å²) in [5.41, 5.74) is 6.84. The van der Waals surface area contributed by atoms with Crippen LogP contribution in [0.5, 0.6) is 0 Å². The Morgan fingerprint density at radius 1 is 1.15 bits per heavy atom. The number of halogens is 3. The highest BCUT2D eigenvalue weighted by Crippen LogP contribution is 2.29. The highest BCUT2D eigenvalue weighted by molar-refractivity contribution is 6.06. The van der Waals surface area contributed by atoms with Gasteiger partial charge in [-0.1, -0.05) is 18.2 Å². The fourth-order valence-corrected chi connectivity index (χ4v) is 2.35. The highest BCUT2D eigenvalue weighted by Gasteiger charge is 2.30. The second kappa shape index (κ2) is 6.51. The first kappa shape index (κ1) is 17.5. The monoisotopic (exact) mass is 361 g/mol. The third kappa shape index (κ3) is 3.37. The zero-order chi connectivity index (χ0) is 18.9. The van der Waals surface area contributed by atoms with Gasteiger partial charge in [0.05, 0.1) is 17.4 Å². The molecule has 9 heteroatoms. The first-order valence-electron chi connectivity index (χ1n) is 7.51. The summed E-state index contributed by atoms with van der Waals surface area (Å²) in [6.07, 6.45) is -2.55. The number of benzene rings is 1. The van der Waals surface area contributed by atoms with Crippen LogP contribution >= 0.6 is 0 Å². The number of anilines is 2. The van der Waals surface area contributed by atoms with Crippen molar-refractivity contribution >= 4 is 17.5 Å². The Kier molecular flexibility index (Phi) is 4.37. The molecule has 1 amide bonds. The zero-order valence-electron chi connectivity index (χ0n) is 13.6. The molecule has 2 heterocycles. The molecule has 0 spiro atoms. The standard InChI is InChI=1S/C17H14F3N5O/c1-10-4-2-3-5-13(10)25-15(21)12(9-23-25)16(26)24-14-7-6-11(8-22-14)17(18,19)20/h2-9H,21H2,1H3,(H,22,24,26). The van der Waals surface area contributed by atoms with Crippen LogP contribution in [0.15, 0.2) is 48.8 Å². The molecule has 0 aliphatic heterocycles. The summed E-state index contributed by atoms with van der Waals surface area (Å²) in [5.74, 6) is -0.524. The molecule has 3 N–H and O–H groups in total. The van der Waals surface area contributed by atoms with Crippen LogP contribution in [0.1, 0.15) is 21.5 Å². The molecular weight excluding hydrogens is 347 g/mol. The molecule has 0 fully saturated rings. The second-order valence-electron chi connectivity index (χ2n) is 5.53. The number of carbonyl (C=O) groups is 1. The molecule has 0 unspecified atom stereocenters. The molecule has 134 valence electrons. The highest BCUT2D eigenvalue weighted by atomic mass is 19.4. The van der Waals surface area contributed by atoms with Gasteiger partial charge < -0.3 is 11.1 Å². The van der Waals surface area contributed by atoms with Crippen LogP contribution in [0.3, 0.4) is 0 Å². The van der Waals surface area contributed by atoms with Crippen LogP contribution in [-0.4, -0.2) is 20.7 Å². The van der Waals surface area contributed by atoms with Gasteiger partial charge in [0.2, 0.25) is 0 Å². The Hall–Kier alpha value is -3.36. The van der Waals surface area contributed by atoms with E-state index in [4.69, 9.17) is 5.73 Å². The molecule has 0 radical (unpaired) electrons. The van der Waals surface area contributed by atoms with Crippen molar-refractivity contribution in [3.05, 3.63) is 65.5 Å². The minimum atomic E-state index is -4.49. The molecule has 0 saturated heterocycles. The molecule has 1 aromatic carbocycles. The maximum Gasteiger partial charge on any atom is 0.417 e. The smallest absolute Gasteiger partial charge is 0.383 e. The van der Waals surface area contributed by atoms with Crippen LogP contribution in [0.4, 0.5) is 24.8 Å². The van der Waals surface area contributed by atoms with Crippen molar-refractivity contribution in [2.24, 2.45) is 0 Å². The molecule has 0 atom stereocenters. The first-order chi connectivity index (χ1) is 12.3. The van der Waals surface area contributed by atoms with E-state index < -0.39 is 17.6 Å². The number of nitrogen functional groups attached to an aromatic ring is 1. The van der Waals surface area contributed by atoms with Gasteiger partial charge in [0.15, 0.2) is 0 Å². The van der Waals surface area contributed by atoms with E-state index in [1.54, 1.807) is 6.07 Å². The summed E-state index contributed by atoms with van der Waals surface area (Å²) >= 11 is 0. The Morgan fingerprint density at radius 3 is 2.50 bits per heavy atom. The number of hydrogen-bond acceptors (Lipinski definition) is 4. The maximum absolute atomic E-state index is 12.5. The molecular formula is C17H14F3N5O. The number of aromatic nitrogens is 3. The van der Waals surface area contributed by atoms with Crippen molar-refractivity contribution in [2.45, 2.75) is 13.1 Å². The molecule has 0 bridgehead atoms. The minimum absolute atomic E-state index is 0.0222. The normalized spacial score (nSPS) is 11.4. The lowest BCUT2D eigenvalue weighted by Crippen LogP contribution is -2.15. The first-order valence-corrected chi connectivity index (χ1v) is 7.51. The average Bonchev–Trinajstić information content (AvgIpc) is 2.96. The molecule has 0 saturated carbocycles. The lowest BCUT2D eigenvalue weighted by atomic mass is 10.2. The molecule has 3 rings (SSSR count). The summed E-state index contributed by atoms with van der Waals surface area (Å²) in [5, 5.41) is 6.52. The number of aryl methyl sites for hydroxylation is 1. The number of pyridine rings is 1. The number of para-hydroxylation sites is 1. The topological polar surface area (TPSA) is 85.8 Å². The largest absolute Gasteiger partial charge is 0.417 e. The van der Waals surface area contributed by atoms with Gasteiger partial charge in [-0.2, -0.15) is 18.3 Å². The number of carbonyl (C=O) groups excluding carboxylic acids is 1. The summed E-state index contributed by atoms with van der Waals surface area (Å²) in [6, 6.07) is 9.27. The number of nitrogens with two attached hydrogens (primary N) is 1. The van der Waals surface area contributed by atoms with Gasteiger partial charge in [-0.3, -0.25) is 4.79 Å². The van der Waals surface area contributed by atoms with Gasteiger partial charge >= 0.3 is 6.18 Å². The molecule has 2 aromatic heterocycles. The average molecular weight is 361 g/mol. The fourth-order valence-electron chi connectivity index (χ4n) is 2.35. The Bertz CT molecular complexity index is 948. The number of amides is 1. The van der Waals surface area contributed by atoms with E-state index >= 15 is 0 Å². The van der Waals surface area contributed by atoms with Crippen LogP contribution in [0.2, 0.25) is 0 Å².